The molecule has 0 bridgehead atoms. The smallest absolute Gasteiger partial charge is 0.256 e. The lowest BCUT2D eigenvalue weighted by molar-refractivity contribution is 0.0303. The molecule has 1 saturated heterocycles. The Hall–Kier alpha value is -2.86. The van der Waals surface area contributed by atoms with Gasteiger partial charge in [0.1, 0.15) is 6.17 Å². The number of nitrogens with one attached hydrogen (secondary N) is 1. The Kier molecular flexibility index (Phi) is 5.30. The van der Waals surface area contributed by atoms with Crippen LogP contribution in [0.3, 0.4) is 0 Å². The van der Waals surface area contributed by atoms with E-state index in [1.165, 1.54) is 0 Å². The largest absolute Gasteiger partial charge is 0.378 e. The zero-order valence-electron chi connectivity index (χ0n) is 16.1. The minimum Gasteiger partial charge on any atom is -0.378 e. The maximum absolute atomic E-state index is 12.7. The number of ether oxygens (including phenoxy) is 1. The summed E-state index contributed by atoms with van der Waals surface area (Å²) in [6, 6.07) is 15.2. The van der Waals surface area contributed by atoms with Crippen LogP contribution in [-0.4, -0.2) is 54.5 Å². The standard InChI is InChI=1S/C22H25N3O3/c1-2-11-25-20(18-5-3-4-6-19(18)22(25)27)23-17-9-7-16(8-10-17)21(26)24-12-14-28-15-13-24/h3-10,20,23H,2,11-15H2,1H3. The molecule has 0 aromatic heterocycles. The molecule has 1 N–H and O–H groups in total. The van der Waals surface area contributed by atoms with E-state index in [9.17, 15) is 9.59 Å². The summed E-state index contributed by atoms with van der Waals surface area (Å²) in [7, 11) is 0. The molecule has 0 aliphatic carbocycles. The summed E-state index contributed by atoms with van der Waals surface area (Å²) >= 11 is 0. The van der Waals surface area contributed by atoms with Gasteiger partial charge in [0.05, 0.1) is 13.2 Å². The van der Waals surface area contributed by atoms with Gasteiger partial charge in [-0.15, -0.1) is 0 Å². The lowest BCUT2D eigenvalue weighted by atomic mass is 10.1. The van der Waals surface area contributed by atoms with Crippen LogP contribution in [0.1, 0.15) is 45.8 Å². The first-order valence-corrected chi connectivity index (χ1v) is 9.82. The van der Waals surface area contributed by atoms with Gasteiger partial charge in [-0.2, -0.15) is 0 Å². The van der Waals surface area contributed by atoms with Gasteiger partial charge in [-0.3, -0.25) is 9.59 Å². The van der Waals surface area contributed by atoms with Crippen molar-refractivity contribution in [2.24, 2.45) is 0 Å². The Balaban J connectivity index is 1.52. The Bertz CT molecular complexity index is 860. The van der Waals surface area contributed by atoms with E-state index < -0.39 is 0 Å². The number of hydrogen-bond donors (Lipinski definition) is 1. The zero-order valence-corrected chi connectivity index (χ0v) is 16.1. The van der Waals surface area contributed by atoms with E-state index in [1.807, 2.05) is 58.3 Å². The maximum atomic E-state index is 12.7. The third-order valence-electron chi connectivity index (χ3n) is 5.26. The van der Waals surface area contributed by atoms with Gasteiger partial charge in [0, 0.05) is 42.0 Å². The number of rotatable bonds is 5. The van der Waals surface area contributed by atoms with E-state index in [0.717, 1.165) is 23.2 Å². The average Bonchev–Trinajstić information content (AvgIpc) is 3.01. The minimum absolute atomic E-state index is 0.0313. The fourth-order valence-electron chi connectivity index (χ4n) is 3.81. The van der Waals surface area contributed by atoms with Gasteiger partial charge in [-0.25, -0.2) is 0 Å². The Morgan fingerprint density at radius 3 is 2.54 bits per heavy atom. The van der Waals surface area contributed by atoms with Crippen LogP contribution in [0.15, 0.2) is 48.5 Å². The van der Waals surface area contributed by atoms with E-state index in [0.29, 0.717) is 38.4 Å². The number of nitrogens with zero attached hydrogens (tertiary/aromatic N) is 2. The fourth-order valence-corrected chi connectivity index (χ4v) is 3.81. The molecular formula is C22H25N3O3. The van der Waals surface area contributed by atoms with Crippen LogP contribution in [0.2, 0.25) is 0 Å². The number of carbonyl (C=O) groups excluding carboxylic acids is 2. The maximum Gasteiger partial charge on any atom is 0.256 e. The number of amides is 2. The number of hydrogen-bond acceptors (Lipinski definition) is 4. The molecule has 146 valence electrons. The van der Waals surface area contributed by atoms with Crippen molar-refractivity contribution in [2.75, 3.05) is 38.2 Å². The summed E-state index contributed by atoms with van der Waals surface area (Å²) in [5.41, 5.74) is 3.30. The summed E-state index contributed by atoms with van der Waals surface area (Å²) in [5.74, 6) is 0.0953. The normalized spacial score (nSPS) is 18.9. The van der Waals surface area contributed by atoms with E-state index >= 15 is 0 Å². The Labute approximate surface area is 165 Å². The van der Waals surface area contributed by atoms with Crippen LogP contribution < -0.4 is 5.32 Å². The SMILES string of the molecule is CCCN1C(=O)c2ccccc2C1Nc1ccc(C(=O)N2CCOCC2)cc1. The highest BCUT2D eigenvalue weighted by Crippen LogP contribution is 2.34. The van der Waals surface area contributed by atoms with Crippen molar-refractivity contribution in [2.45, 2.75) is 19.5 Å². The number of anilines is 1. The van der Waals surface area contributed by atoms with Crippen LogP contribution in [0.5, 0.6) is 0 Å². The molecule has 2 aromatic rings. The molecule has 1 unspecified atom stereocenters. The summed E-state index contributed by atoms with van der Waals surface area (Å²) < 4.78 is 5.31. The van der Waals surface area contributed by atoms with Gasteiger partial charge >= 0.3 is 0 Å². The third kappa shape index (κ3) is 3.47. The zero-order chi connectivity index (χ0) is 19.5. The highest BCUT2D eigenvalue weighted by atomic mass is 16.5. The lowest BCUT2D eigenvalue weighted by Crippen LogP contribution is -2.40. The predicted octanol–water partition coefficient (Wildman–Crippen LogP) is 3.14. The molecule has 28 heavy (non-hydrogen) atoms. The molecule has 0 spiro atoms. The monoisotopic (exact) mass is 379 g/mol. The van der Waals surface area contributed by atoms with Crippen molar-refractivity contribution >= 4 is 17.5 Å². The topological polar surface area (TPSA) is 61.9 Å². The number of morpholine rings is 1. The second-order valence-electron chi connectivity index (χ2n) is 7.11. The van der Waals surface area contributed by atoms with Crippen molar-refractivity contribution in [1.29, 1.82) is 0 Å². The van der Waals surface area contributed by atoms with Crippen molar-refractivity contribution < 1.29 is 14.3 Å². The van der Waals surface area contributed by atoms with Gasteiger partial charge in [0.15, 0.2) is 0 Å². The molecule has 1 atom stereocenters. The van der Waals surface area contributed by atoms with Crippen LogP contribution in [-0.2, 0) is 4.74 Å². The van der Waals surface area contributed by atoms with Gasteiger partial charge in [0.25, 0.3) is 11.8 Å². The number of fused-ring (bicyclic) bond motifs is 1. The first kappa shape index (κ1) is 18.5. The van der Waals surface area contributed by atoms with Gasteiger partial charge in [-0.05, 0) is 36.8 Å². The Morgan fingerprint density at radius 2 is 1.82 bits per heavy atom. The molecule has 2 amide bonds. The first-order chi connectivity index (χ1) is 13.7. The molecule has 2 aliphatic heterocycles. The fraction of sp³-hybridized carbons (Fsp3) is 0.364. The lowest BCUT2D eigenvalue weighted by Gasteiger charge is -2.28. The van der Waals surface area contributed by atoms with Crippen molar-refractivity contribution in [3.63, 3.8) is 0 Å². The number of benzene rings is 2. The predicted molar refractivity (Wildman–Crippen MR) is 107 cm³/mol. The minimum atomic E-state index is -0.190. The molecule has 0 saturated carbocycles. The van der Waals surface area contributed by atoms with Gasteiger partial charge < -0.3 is 19.9 Å². The molecule has 2 aliphatic rings. The van der Waals surface area contributed by atoms with E-state index in [1.54, 1.807) is 0 Å². The highest BCUT2D eigenvalue weighted by molar-refractivity contribution is 5.99. The van der Waals surface area contributed by atoms with Crippen molar-refractivity contribution in [3.8, 4) is 0 Å². The van der Waals surface area contributed by atoms with Crippen LogP contribution in [0.4, 0.5) is 5.69 Å². The van der Waals surface area contributed by atoms with E-state index in [2.05, 4.69) is 12.2 Å². The molecule has 0 radical (unpaired) electrons. The van der Waals surface area contributed by atoms with Crippen LogP contribution in [0.25, 0.3) is 0 Å². The molecule has 6 nitrogen and oxygen atoms in total. The molecule has 4 rings (SSSR count). The molecule has 6 heteroatoms. The highest BCUT2D eigenvalue weighted by Gasteiger charge is 2.35. The first-order valence-electron chi connectivity index (χ1n) is 9.82. The van der Waals surface area contributed by atoms with E-state index in [4.69, 9.17) is 4.74 Å². The molecular weight excluding hydrogens is 354 g/mol. The van der Waals surface area contributed by atoms with E-state index in [-0.39, 0.29) is 18.0 Å². The quantitative estimate of drug-likeness (QED) is 0.867. The summed E-state index contributed by atoms with van der Waals surface area (Å²) in [4.78, 5) is 29.0. The molecule has 2 aromatic carbocycles. The molecule has 1 fully saturated rings. The van der Waals surface area contributed by atoms with Crippen LogP contribution >= 0.6 is 0 Å². The average molecular weight is 379 g/mol. The van der Waals surface area contributed by atoms with Crippen molar-refractivity contribution in [1.82, 2.24) is 9.80 Å². The summed E-state index contributed by atoms with van der Waals surface area (Å²) in [6.07, 6.45) is 0.703. The Morgan fingerprint density at radius 1 is 1.11 bits per heavy atom. The molecule has 2 heterocycles. The second-order valence-corrected chi connectivity index (χ2v) is 7.11. The number of carbonyl (C=O) groups is 2. The van der Waals surface area contributed by atoms with Gasteiger partial charge in [0.2, 0.25) is 0 Å². The third-order valence-corrected chi connectivity index (χ3v) is 5.26. The summed E-state index contributed by atoms with van der Waals surface area (Å²) in [5, 5.41) is 3.47. The van der Waals surface area contributed by atoms with Gasteiger partial charge in [-0.1, -0.05) is 25.1 Å². The van der Waals surface area contributed by atoms with Crippen molar-refractivity contribution in [3.05, 3.63) is 65.2 Å². The van der Waals surface area contributed by atoms with Crippen LogP contribution in [0, 0.1) is 0 Å². The summed E-state index contributed by atoms with van der Waals surface area (Å²) in [6.45, 7) is 5.21. The second kappa shape index (κ2) is 8.02.